The molecule has 2 fully saturated rings. The van der Waals surface area contributed by atoms with Gasteiger partial charge in [-0.15, -0.1) is 0 Å². The van der Waals surface area contributed by atoms with Crippen LogP contribution in [-0.4, -0.2) is 96.3 Å². The maximum absolute atomic E-state index is 13.9. The van der Waals surface area contributed by atoms with E-state index in [1.807, 2.05) is 72.0 Å². The summed E-state index contributed by atoms with van der Waals surface area (Å²) in [4.78, 5) is 55.7. The number of hydrogen-bond acceptors (Lipinski definition) is 9. The number of aryl methyl sites for hydroxylation is 2. The highest BCUT2D eigenvalue weighted by molar-refractivity contribution is 5.98. The van der Waals surface area contributed by atoms with Crippen LogP contribution < -0.4 is 26.0 Å². The van der Waals surface area contributed by atoms with E-state index >= 15 is 0 Å². The second-order valence-electron chi connectivity index (χ2n) is 14.3. The average Bonchev–Trinajstić information content (AvgIpc) is 3.52. The number of likely N-dealkylation sites (tertiary alicyclic amines) is 1. The van der Waals surface area contributed by atoms with Gasteiger partial charge in [0.1, 0.15) is 11.4 Å². The molecule has 1 aromatic carbocycles. The zero-order valence-corrected chi connectivity index (χ0v) is 30.3. The molecule has 2 amide bonds. The largest absolute Gasteiger partial charge is 0.444 e. The predicted octanol–water partition coefficient (Wildman–Crippen LogP) is 4.96. The van der Waals surface area contributed by atoms with Gasteiger partial charge in [-0.3, -0.25) is 9.59 Å². The third-order valence-electron chi connectivity index (χ3n) is 9.31. The normalized spacial score (nSPS) is 16.9. The van der Waals surface area contributed by atoms with Crippen LogP contribution in [0.25, 0.3) is 0 Å². The van der Waals surface area contributed by atoms with Crippen LogP contribution in [-0.2, 0) is 11.3 Å². The summed E-state index contributed by atoms with van der Waals surface area (Å²) in [6.07, 6.45) is 2.29. The van der Waals surface area contributed by atoms with Crippen LogP contribution in [0.15, 0.2) is 41.3 Å². The van der Waals surface area contributed by atoms with E-state index in [2.05, 4.69) is 50.4 Å². The van der Waals surface area contributed by atoms with Crippen LogP contribution in [0.4, 0.5) is 27.7 Å². The van der Waals surface area contributed by atoms with Crippen molar-refractivity contribution in [2.24, 2.45) is 0 Å². The Kier molecular flexibility index (Phi) is 10.9. The van der Waals surface area contributed by atoms with Gasteiger partial charge in [-0.05, 0) is 103 Å². The van der Waals surface area contributed by atoms with E-state index in [0.717, 1.165) is 72.3 Å². The van der Waals surface area contributed by atoms with E-state index in [-0.39, 0.29) is 30.1 Å². The maximum Gasteiger partial charge on any atom is 0.410 e. The van der Waals surface area contributed by atoms with Crippen molar-refractivity contribution in [1.82, 2.24) is 25.1 Å². The van der Waals surface area contributed by atoms with Crippen molar-refractivity contribution in [2.45, 2.75) is 73.1 Å². The van der Waals surface area contributed by atoms with E-state index in [0.29, 0.717) is 30.8 Å². The second kappa shape index (κ2) is 14.9. The van der Waals surface area contributed by atoms with Crippen molar-refractivity contribution < 1.29 is 14.3 Å². The lowest BCUT2D eigenvalue weighted by Gasteiger charge is -2.33. The van der Waals surface area contributed by atoms with E-state index < -0.39 is 5.60 Å². The van der Waals surface area contributed by atoms with Gasteiger partial charge in [-0.25, -0.2) is 9.78 Å². The van der Waals surface area contributed by atoms with Gasteiger partial charge in [0.2, 0.25) is 0 Å². The van der Waals surface area contributed by atoms with E-state index in [9.17, 15) is 14.4 Å². The van der Waals surface area contributed by atoms with E-state index in [1.54, 1.807) is 4.90 Å². The first-order valence-electron chi connectivity index (χ1n) is 17.3. The third-order valence-corrected chi connectivity index (χ3v) is 9.31. The number of nitrogens with zero attached hydrogens (tertiary/aromatic N) is 5. The number of piperazine rings is 1. The molecule has 1 unspecified atom stereocenters. The molecule has 2 aliphatic heterocycles. The van der Waals surface area contributed by atoms with Crippen LogP contribution in [0, 0.1) is 20.8 Å². The summed E-state index contributed by atoms with van der Waals surface area (Å²) in [7, 11) is 2.13. The van der Waals surface area contributed by atoms with Crippen LogP contribution >= 0.6 is 0 Å². The van der Waals surface area contributed by atoms with Gasteiger partial charge in [0.25, 0.3) is 11.5 Å². The van der Waals surface area contributed by atoms with Crippen molar-refractivity contribution >= 4 is 34.9 Å². The fraction of sp³-hybridized carbons (Fsp3) is 0.514. The number of carbonyl (C=O) groups is 2. The summed E-state index contributed by atoms with van der Waals surface area (Å²) in [5, 5.41) is 6.49. The van der Waals surface area contributed by atoms with Gasteiger partial charge >= 0.3 is 6.09 Å². The number of aromatic nitrogens is 2. The molecule has 2 aliphatic rings. The first-order chi connectivity index (χ1) is 23.2. The smallest absolute Gasteiger partial charge is 0.410 e. The number of carbonyl (C=O) groups excluding carboxylic acids is 2. The van der Waals surface area contributed by atoms with Crippen LogP contribution in [0.5, 0.6) is 0 Å². The summed E-state index contributed by atoms with van der Waals surface area (Å²) in [5.41, 5.74) is 5.13. The molecule has 264 valence electrons. The Morgan fingerprint density at radius 2 is 1.78 bits per heavy atom. The first-order valence-corrected chi connectivity index (χ1v) is 17.3. The molecule has 0 spiro atoms. The Balaban J connectivity index is 1.43. The number of hydrogen-bond donors (Lipinski definition) is 3. The van der Waals surface area contributed by atoms with Crippen molar-refractivity contribution in [2.75, 3.05) is 68.0 Å². The molecule has 2 aromatic heterocycles. The SMILES string of the molecule is CCN(c1cc(Nc2ccc(N3CCN(C)CC3)nc2)cc(C(=O)NCc2c(C)cc(C)[nH]c2=O)c1C)C1CCN(C(=O)OC(C)(C)C)C1. The number of likely N-dealkylation sites (N-methyl/N-ethyl adjacent to an activating group) is 2. The molecule has 12 nitrogen and oxygen atoms in total. The Hall–Kier alpha value is -4.58. The summed E-state index contributed by atoms with van der Waals surface area (Å²) < 4.78 is 5.66. The zero-order chi connectivity index (χ0) is 35.5. The molecule has 4 heterocycles. The summed E-state index contributed by atoms with van der Waals surface area (Å²) in [5.74, 6) is 0.667. The highest BCUT2D eigenvalue weighted by Crippen LogP contribution is 2.33. The van der Waals surface area contributed by atoms with Gasteiger partial charge in [-0.2, -0.15) is 0 Å². The lowest BCUT2D eigenvalue weighted by molar-refractivity contribution is 0.0292. The molecule has 0 aliphatic carbocycles. The van der Waals surface area contributed by atoms with Crippen LogP contribution in [0.3, 0.4) is 0 Å². The molecule has 0 radical (unpaired) electrons. The summed E-state index contributed by atoms with van der Waals surface area (Å²) >= 11 is 0. The number of rotatable bonds is 9. The minimum absolute atomic E-state index is 0.0423. The molecule has 3 N–H and O–H groups in total. The summed E-state index contributed by atoms with van der Waals surface area (Å²) in [6, 6.07) is 9.90. The highest BCUT2D eigenvalue weighted by Gasteiger charge is 2.34. The zero-order valence-electron chi connectivity index (χ0n) is 30.3. The molecular weight excluding hydrogens is 620 g/mol. The Morgan fingerprint density at radius 1 is 1.04 bits per heavy atom. The molecule has 0 bridgehead atoms. The molecule has 1 atom stereocenters. The van der Waals surface area contributed by atoms with Gasteiger partial charge < -0.3 is 40.0 Å². The number of benzene rings is 1. The van der Waals surface area contributed by atoms with E-state index in [1.165, 1.54) is 0 Å². The van der Waals surface area contributed by atoms with Crippen LogP contribution in [0.2, 0.25) is 0 Å². The Bertz CT molecular complexity index is 1710. The second-order valence-corrected chi connectivity index (χ2v) is 14.3. The fourth-order valence-corrected chi connectivity index (χ4v) is 6.63. The maximum atomic E-state index is 13.9. The Labute approximate surface area is 289 Å². The topological polar surface area (TPSA) is 126 Å². The highest BCUT2D eigenvalue weighted by atomic mass is 16.6. The lowest BCUT2D eigenvalue weighted by atomic mass is 10.0. The Morgan fingerprint density at radius 3 is 2.41 bits per heavy atom. The predicted molar refractivity (Wildman–Crippen MR) is 195 cm³/mol. The molecule has 3 aromatic rings. The fourth-order valence-electron chi connectivity index (χ4n) is 6.63. The van der Waals surface area contributed by atoms with Gasteiger partial charge in [0.05, 0.1) is 11.9 Å². The molecule has 0 saturated carbocycles. The molecule has 5 rings (SSSR count). The van der Waals surface area contributed by atoms with Crippen molar-refractivity contribution in [3.8, 4) is 0 Å². The molecule has 2 saturated heterocycles. The minimum atomic E-state index is -0.571. The van der Waals surface area contributed by atoms with Crippen molar-refractivity contribution in [3.63, 3.8) is 0 Å². The quantitative estimate of drug-likeness (QED) is 0.289. The standard InChI is InChI=1S/C37H52N8O4/c1-9-45(29-12-13-44(23-29)36(48)49-37(5,6)7)32-20-28(41-27-10-11-33(38-21-27)43-16-14-42(8)15-17-43)19-30(26(32)4)34(46)39-22-31-24(2)18-25(3)40-35(31)47/h10-11,18-21,29,41H,9,12-17,22-23H2,1-8H3,(H,39,46)(H,40,47). The van der Waals surface area contributed by atoms with Crippen molar-refractivity contribution in [1.29, 1.82) is 0 Å². The lowest BCUT2D eigenvalue weighted by Crippen LogP contribution is -2.44. The van der Waals surface area contributed by atoms with E-state index in [4.69, 9.17) is 9.72 Å². The average molecular weight is 673 g/mol. The molecule has 49 heavy (non-hydrogen) atoms. The number of anilines is 4. The van der Waals surface area contributed by atoms with Gasteiger partial charge in [-0.1, -0.05) is 0 Å². The third kappa shape index (κ3) is 8.72. The van der Waals surface area contributed by atoms with Crippen LogP contribution in [0.1, 0.15) is 66.9 Å². The van der Waals surface area contributed by atoms with Gasteiger partial charge in [0, 0.05) is 86.6 Å². The monoisotopic (exact) mass is 672 g/mol. The number of amides is 2. The molecular formula is C37H52N8O4. The minimum Gasteiger partial charge on any atom is -0.444 e. The number of nitrogens with one attached hydrogen (secondary N) is 3. The number of pyridine rings is 2. The van der Waals surface area contributed by atoms with Gasteiger partial charge in [0.15, 0.2) is 0 Å². The summed E-state index contributed by atoms with van der Waals surface area (Å²) in [6.45, 7) is 19.1. The number of ether oxygens (including phenoxy) is 1. The number of H-pyrrole nitrogens is 1. The molecule has 12 heteroatoms. The number of aromatic amines is 1. The van der Waals surface area contributed by atoms with Crippen molar-refractivity contribution in [3.05, 3.63) is 74.8 Å². The first kappa shape index (κ1) is 35.7.